The number of hydrogen-bond donors (Lipinski definition) is 1. The van der Waals surface area contributed by atoms with Crippen LogP contribution in [-0.4, -0.2) is 23.3 Å². The number of rotatable bonds is 15. The van der Waals surface area contributed by atoms with Crippen LogP contribution in [0.3, 0.4) is 0 Å². The van der Waals surface area contributed by atoms with Crippen LogP contribution in [0.4, 0.5) is 0 Å². The van der Waals surface area contributed by atoms with Gasteiger partial charge in [0.2, 0.25) is 0 Å². The number of hydrogen-bond acceptors (Lipinski definition) is 4. The smallest absolute Gasteiger partial charge is 0.305 e. The topological polar surface area (TPSA) is 59.7 Å². The lowest BCUT2D eigenvalue weighted by atomic mass is 9.46. The van der Waals surface area contributed by atoms with Crippen LogP contribution in [0.25, 0.3) is 6.08 Å². The number of ether oxygens (including phenoxy) is 1. The highest BCUT2D eigenvalue weighted by Gasteiger charge is 2.65. The van der Waals surface area contributed by atoms with Gasteiger partial charge in [-0.25, -0.2) is 0 Å². The van der Waals surface area contributed by atoms with Gasteiger partial charge in [0.1, 0.15) is 18.0 Å². The Labute approximate surface area is 254 Å². The standard InChI is InChI=1S/C38H54O4/c1-3-4-5-6-7-8-9-10-11-12-13-14-15-16-17-18-35(39)42-29-38(40)28-37-25-21-32-31-23-26-41-33(31)22-24-36(32,2)34(37)20-19-30(38)27-37/h4-5,7-8,10-11,22-24,26,30,32,34,40H,3,6,9,12-21,25,27-29H2,1-2H3/b5-4-,8-7-,11-10-/t30-,32-,34+,36-,37+,38+/m1/s1. The fourth-order valence-corrected chi connectivity index (χ4v) is 9.21. The van der Waals surface area contributed by atoms with Crippen LogP contribution in [0.2, 0.25) is 0 Å². The Hall–Kier alpha value is -2.33. The van der Waals surface area contributed by atoms with Crippen molar-refractivity contribution in [2.45, 2.75) is 128 Å². The van der Waals surface area contributed by atoms with Crippen molar-refractivity contribution >= 4 is 12.0 Å². The van der Waals surface area contributed by atoms with E-state index in [2.05, 4.69) is 68.5 Å². The van der Waals surface area contributed by atoms with Gasteiger partial charge in [-0.3, -0.25) is 4.79 Å². The van der Waals surface area contributed by atoms with E-state index in [0.29, 0.717) is 18.3 Å². The molecule has 4 aliphatic rings. The minimum atomic E-state index is -0.873. The second-order valence-electron chi connectivity index (χ2n) is 14.0. The van der Waals surface area contributed by atoms with Crippen LogP contribution in [0.5, 0.6) is 0 Å². The van der Waals surface area contributed by atoms with Gasteiger partial charge in [0.15, 0.2) is 0 Å². The number of furan rings is 1. The summed E-state index contributed by atoms with van der Waals surface area (Å²) in [6, 6.07) is 2.17. The lowest BCUT2D eigenvalue weighted by Gasteiger charge is -2.58. The number of fused-ring (bicyclic) bond motifs is 5. The largest absolute Gasteiger partial charge is 0.465 e. The normalized spacial score (nSPS) is 33.4. The van der Waals surface area contributed by atoms with Gasteiger partial charge in [0.25, 0.3) is 0 Å². The fourth-order valence-electron chi connectivity index (χ4n) is 9.21. The Kier molecular flexibility index (Phi) is 10.3. The predicted molar refractivity (Wildman–Crippen MR) is 171 cm³/mol. The molecule has 0 radical (unpaired) electrons. The molecule has 42 heavy (non-hydrogen) atoms. The van der Waals surface area contributed by atoms with E-state index >= 15 is 0 Å². The molecular weight excluding hydrogens is 520 g/mol. The van der Waals surface area contributed by atoms with Gasteiger partial charge in [-0.2, -0.15) is 0 Å². The summed E-state index contributed by atoms with van der Waals surface area (Å²) in [6.07, 6.45) is 36.4. The Morgan fingerprint density at radius 3 is 2.62 bits per heavy atom. The SMILES string of the molecule is CC/C=C\C/C=C\C/C=C\CCCCCCCC(=O)OC[C@@]1(O)C[C@@]23CC[C@@H]4c5ccoc5C=C[C@@]4(C)[C@@H]2CC[C@@H]1C3. The molecule has 4 aliphatic carbocycles. The highest BCUT2D eigenvalue weighted by molar-refractivity contribution is 5.69. The summed E-state index contributed by atoms with van der Waals surface area (Å²) in [5, 5.41) is 11.8. The second kappa shape index (κ2) is 14.0. The van der Waals surface area contributed by atoms with Crippen molar-refractivity contribution in [3.8, 4) is 0 Å². The summed E-state index contributed by atoms with van der Waals surface area (Å²) in [7, 11) is 0. The molecule has 230 valence electrons. The highest BCUT2D eigenvalue weighted by atomic mass is 16.5. The Morgan fingerprint density at radius 2 is 1.79 bits per heavy atom. The molecule has 1 N–H and O–H groups in total. The van der Waals surface area contributed by atoms with E-state index in [9.17, 15) is 9.90 Å². The van der Waals surface area contributed by atoms with Crippen molar-refractivity contribution in [2.75, 3.05) is 6.61 Å². The van der Waals surface area contributed by atoms with Crippen LogP contribution in [0.1, 0.15) is 134 Å². The maximum atomic E-state index is 12.6. The Bertz CT molecular complexity index is 1160. The van der Waals surface area contributed by atoms with Gasteiger partial charge in [0, 0.05) is 12.0 Å². The summed E-state index contributed by atoms with van der Waals surface area (Å²) < 4.78 is 11.5. The van der Waals surface area contributed by atoms with Crippen LogP contribution < -0.4 is 0 Å². The molecule has 6 atom stereocenters. The van der Waals surface area contributed by atoms with E-state index in [-0.39, 0.29) is 29.3 Å². The van der Waals surface area contributed by atoms with Crippen molar-refractivity contribution in [1.82, 2.24) is 0 Å². The molecule has 4 nitrogen and oxygen atoms in total. The van der Waals surface area contributed by atoms with E-state index in [1.165, 1.54) is 18.4 Å². The third-order valence-corrected chi connectivity index (χ3v) is 11.3. The summed E-state index contributed by atoms with van der Waals surface area (Å²) >= 11 is 0. The van der Waals surface area contributed by atoms with E-state index in [1.807, 2.05) is 6.26 Å². The predicted octanol–water partition coefficient (Wildman–Crippen LogP) is 9.86. The maximum absolute atomic E-state index is 12.6. The first-order valence-corrected chi connectivity index (χ1v) is 17.0. The Balaban J connectivity index is 0.981. The van der Waals surface area contributed by atoms with Crippen LogP contribution in [0, 0.1) is 22.7 Å². The van der Waals surface area contributed by atoms with E-state index in [0.717, 1.165) is 89.2 Å². The first-order chi connectivity index (χ1) is 20.4. The summed E-state index contributed by atoms with van der Waals surface area (Å²) in [5.41, 5.74) is 0.743. The first kappa shape index (κ1) is 31.1. The van der Waals surface area contributed by atoms with Gasteiger partial charge in [-0.15, -0.1) is 0 Å². The molecule has 0 unspecified atom stereocenters. The van der Waals surface area contributed by atoms with Gasteiger partial charge in [-0.1, -0.05) is 75.6 Å². The molecule has 1 aromatic rings. The molecule has 2 bridgehead atoms. The van der Waals surface area contributed by atoms with Gasteiger partial charge < -0.3 is 14.3 Å². The van der Waals surface area contributed by atoms with Crippen LogP contribution in [0.15, 0.2) is 59.3 Å². The van der Waals surface area contributed by atoms with E-state index < -0.39 is 5.60 Å². The zero-order valence-corrected chi connectivity index (χ0v) is 26.2. The van der Waals surface area contributed by atoms with E-state index in [1.54, 1.807) is 0 Å². The zero-order chi connectivity index (χ0) is 29.5. The van der Waals surface area contributed by atoms with Crippen molar-refractivity contribution in [1.29, 1.82) is 0 Å². The average Bonchev–Trinajstić information content (AvgIpc) is 3.54. The van der Waals surface area contributed by atoms with E-state index in [4.69, 9.17) is 9.15 Å². The monoisotopic (exact) mass is 574 g/mol. The number of carbonyl (C=O) groups excluding carboxylic acids is 1. The molecule has 0 aliphatic heterocycles. The molecule has 0 saturated heterocycles. The van der Waals surface area contributed by atoms with Gasteiger partial charge >= 0.3 is 5.97 Å². The first-order valence-electron chi connectivity index (χ1n) is 17.0. The van der Waals surface area contributed by atoms with Crippen molar-refractivity contribution in [3.63, 3.8) is 0 Å². The molecule has 0 amide bonds. The molecule has 3 fully saturated rings. The zero-order valence-electron chi connectivity index (χ0n) is 26.2. The quantitative estimate of drug-likeness (QED) is 0.129. The third-order valence-electron chi connectivity index (χ3n) is 11.3. The summed E-state index contributed by atoms with van der Waals surface area (Å²) in [4.78, 5) is 12.6. The molecular formula is C38H54O4. The van der Waals surface area contributed by atoms with Gasteiger partial charge in [0.05, 0.1) is 6.26 Å². The van der Waals surface area contributed by atoms with Gasteiger partial charge in [-0.05, 0) is 118 Å². The van der Waals surface area contributed by atoms with Crippen molar-refractivity contribution < 1.29 is 19.1 Å². The number of esters is 1. The highest BCUT2D eigenvalue weighted by Crippen LogP contribution is 2.71. The molecule has 0 aromatic carbocycles. The number of unbranched alkanes of at least 4 members (excludes halogenated alkanes) is 5. The second-order valence-corrected chi connectivity index (χ2v) is 14.0. The number of allylic oxidation sites excluding steroid dienone is 7. The summed E-state index contributed by atoms with van der Waals surface area (Å²) in [6.45, 7) is 4.77. The molecule has 1 spiro atoms. The molecule has 4 heteroatoms. The Morgan fingerprint density at radius 1 is 1.02 bits per heavy atom. The molecule has 1 heterocycles. The molecule has 1 aromatic heterocycles. The third kappa shape index (κ3) is 6.74. The number of aliphatic hydroxyl groups is 1. The number of carbonyl (C=O) groups is 1. The molecule has 3 saturated carbocycles. The molecule has 5 rings (SSSR count). The summed E-state index contributed by atoms with van der Waals surface area (Å²) in [5.74, 6) is 2.18. The minimum absolute atomic E-state index is 0.0984. The lowest BCUT2D eigenvalue weighted by Crippen LogP contribution is -2.49. The van der Waals surface area contributed by atoms with Crippen LogP contribution in [-0.2, 0) is 9.53 Å². The maximum Gasteiger partial charge on any atom is 0.305 e. The van der Waals surface area contributed by atoms with Crippen molar-refractivity contribution in [3.05, 3.63) is 66.2 Å². The van der Waals surface area contributed by atoms with Crippen molar-refractivity contribution in [2.24, 2.45) is 22.7 Å². The average molecular weight is 575 g/mol. The minimum Gasteiger partial charge on any atom is -0.465 e. The lowest BCUT2D eigenvalue weighted by molar-refractivity contribution is -0.154. The van der Waals surface area contributed by atoms with Crippen LogP contribution >= 0.6 is 0 Å². The fraction of sp³-hybridized carbons (Fsp3) is 0.658.